The van der Waals surface area contributed by atoms with Gasteiger partial charge in [-0.3, -0.25) is 9.59 Å². The van der Waals surface area contributed by atoms with Crippen LogP contribution in [0.15, 0.2) is 36.4 Å². The number of amides is 2. The molecule has 1 fully saturated rings. The largest absolute Gasteiger partial charge is 0.350 e. The molecule has 0 aliphatic heterocycles. The van der Waals surface area contributed by atoms with Crippen LogP contribution in [-0.2, 0) is 11.3 Å². The number of hydrogen-bond acceptors (Lipinski definition) is 2. The standard InChI is InChI=1S/C23H31N3O2/c1-16-14-21(18(3)26(16)20-12-8-5-9-13-20)23(28)25-17(2)22(27)24-15-19-10-6-4-7-11-19/h4,6-7,10-11,14,17,20H,5,8-9,12-13,15H2,1-3H3,(H,24,27)(H,25,28). The number of benzene rings is 1. The number of hydrogen-bond donors (Lipinski definition) is 2. The summed E-state index contributed by atoms with van der Waals surface area (Å²) in [5.74, 6) is -0.365. The Kier molecular flexibility index (Phi) is 6.55. The summed E-state index contributed by atoms with van der Waals surface area (Å²) in [7, 11) is 0. The van der Waals surface area contributed by atoms with Crippen LogP contribution in [0.2, 0.25) is 0 Å². The zero-order valence-corrected chi connectivity index (χ0v) is 17.1. The first-order valence-corrected chi connectivity index (χ1v) is 10.3. The fourth-order valence-corrected chi connectivity index (χ4v) is 4.19. The molecule has 0 bridgehead atoms. The van der Waals surface area contributed by atoms with Crippen molar-refractivity contribution in [1.82, 2.24) is 15.2 Å². The van der Waals surface area contributed by atoms with Crippen molar-refractivity contribution < 1.29 is 9.59 Å². The second-order valence-electron chi connectivity index (χ2n) is 7.85. The normalized spacial score (nSPS) is 15.8. The first-order chi connectivity index (χ1) is 13.5. The maximum atomic E-state index is 12.8. The van der Waals surface area contributed by atoms with E-state index in [0.717, 1.165) is 17.0 Å². The number of rotatable bonds is 6. The Labute approximate surface area is 167 Å². The summed E-state index contributed by atoms with van der Waals surface area (Å²) in [6.45, 7) is 6.25. The van der Waals surface area contributed by atoms with E-state index in [1.165, 1.54) is 32.1 Å². The molecular formula is C23H31N3O2. The highest BCUT2D eigenvalue weighted by Gasteiger charge is 2.24. The monoisotopic (exact) mass is 381 g/mol. The van der Waals surface area contributed by atoms with E-state index >= 15 is 0 Å². The molecule has 1 aromatic carbocycles. The Morgan fingerprint density at radius 1 is 1.11 bits per heavy atom. The second-order valence-corrected chi connectivity index (χ2v) is 7.85. The summed E-state index contributed by atoms with van der Waals surface area (Å²) < 4.78 is 2.31. The van der Waals surface area contributed by atoms with Crippen LogP contribution in [0, 0.1) is 13.8 Å². The molecule has 1 heterocycles. The van der Waals surface area contributed by atoms with Crippen LogP contribution in [0.25, 0.3) is 0 Å². The molecule has 150 valence electrons. The maximum absolute atomic E-state index is 12.8. The maximum Gasteiger partial charge on any atom is 0.253 e. The predicted molar refractivity (Wildman–Crippen MR) is 111 cm³/mol. The molecule has 1 aliphatic carbocycles. The van der Waals surface area contributed by atoms with E-state index in [2.05, 4.69) is 22.1 Å². The third-order valence-corrected chi connectivity index (χ3v) is 5.72. The molecule has 28 heavy (non-hydrogen) atoms. The Balaban J connectivity index is 1.61. The third-order valence-electron chi connectivity index (χ3n) is 5.72. The fourth-order valence-electron chi connectivity index (χ4n) is 4.19. The van der Waals surface area contributed by atoms with E-state index in [1.54, 1.807) is 6.92 Å². The van der Waals surface area contributed by atoms with Gasteiger partial charge in [-0.25, -0.2) is 0 Å². The lowest BCUT2D eigenvalue weighted by Crippen LogP contribution is -2.44. The molecule has 1 atom stereocenters. The van der Waals surface area contributed by atoms with Crippen molar-refractivity contribution >= 4 is 11.8 Å². The quantitative estimate of drug-likeness (QED) is 0.793. The van der Waals surface area contributed by atoms with Crippen molar-refractivity contribution in [3.63, 3.8) is 0 Å². The number of aromatic nitrogens is 1. The number of nitrogens with zero attached hydrogens (tertiary/aromatic N) is 1. The van der Waals surface area contributed by atoms with Crippen LogP contribution in [-0.4, -0.2) is 22.4 Å². The number of aryl methyl sites for hydroxylation is 1. The molecular weight excluding hydrogens is 350 g/mol. The molecule has 0 saturated heterocycles. The topological polar surface area (TPSA) is 63.1 Å². The molecule has 2 amide bonds. The first kappa shape index (κ1) is 20.2. The molecule has 2 aromatic rings. The highest BCUT2D eigenvalue weighted by Crippen LogP contribution is 2.32. The number of carbonyl (C=O) groups is 2. The molecule has 0 spiro atoms. The average molecular weight is 382 g/mol. The van der Waals surface area contributed by atoms with E-state index in [4.69, 9.17) is 0 Å². The molecule has 1 aliphatic rings. The van der Waals surface area contributed by atoms with Gasteiger partial charge in [0.05, 0.1) is 5.56 Å². The molecule has 0 radical (unpaired) electrons. The van der Waals surface area contributed by atoms with Gasteiger partial charge in [0.15, 0.2) is 0 Å². The smallest absolute Gasteiger partial charge is 0.253 e. The van der Waals surface area contributed by atoms with Crippen molar-refractivity contribution in [2.24, 2.45) is 0 Å². The minimum absolute atomic E-state index is 0.182. The van der Waals surface area contributed by atoms with E-state index in [-0.39, 0.29) is 11.8 Å². The molecule has 2 N–H and O–H groups in total. The van der Waals surface area contributed by atoms with Gasteiger partial charge in [0.2, 0.25) is 5.91 Å². The molecule has 1 unspecified atom stereocenters. The number of carbonyl (C=O) groups excluding carboxylic acids is 2. The lowest BCUT2D eigenvalue weighted by molar-refractivity contribution is -0.122. The van der Waals surface area contributed by atoms with E-state index in [9.17, 15) is 9.59 Å². The summed E-state index contributed by atoms with van der Waals surface area (Å²) in [6.07, 6.45) is 6.16. The molecule has 3 rings (SSSR count). The summed E-state index contributed by atoms with van der Waals surface area (Å²) in [5, 5.41) is 5.73. The van der Waals surface area contributed by atoms with Gasteiger partial charge < -0.3 is 15.2 Å². The van der Waals surface area contributed by atoms with Gasteiger partial charge >= 0.3 is 0 Å². The van der Waals surface area contributed by atoms with Crippen LogP contribution in [0.1, 0.15) is 72.4 Å². The Morgan fingerprint density at radius 3 is 2.46 bits per heavy atom. The van der Waals surface area contributed by atoms with Crippen LogP contribution < -0.4 is 10.6 Å². The van der Waals surface area contributed by atoms with Crippen molar-refractivity contribution in [2.75, 3.05) is 0 Å². The van der Waals surface area contributed by atoms with Gasteiger partial charge in [-0.05, 0) is 45.2 Å². The van der Waals surface area contributed by atoms with Gasteiger partial charge in [-0.2, -0.15) is 0 Å². The highest BCUT2D eigenvalue weighted by atomic mass is 16.2. The molecule has 1 aromatic heterocycles. The van der Waals surface area contributed by atoms with E-state index in [0.29, 0.717) is 18.2 Å². The summed E-state index contributed by atoms with van der Waals surface area (Å²) >= 11 is 0. The van der Waals surface area contributed by atoms with Gasteiger partial charge in [0, 0.05) is 24.0 Å². The van der Waals surface area contributed by atoms with E-state index < -0.39 is 6.04 Å². The van der Waals surface area contributed by atoms with Gasteiger partial charge in [0.1, 0.15) is 6.04 Å². The van der Waals surface area contributed by atoms with Crippen LogP contribution in [0.4, 0.5) is 0 Å². The lowest BCUT2D eigenvalue weighted by atomic mass is 9.95. The van der Waals surface area contributed by atoms with Crippen LogP contribution in [0.3, 0.4) is 0 Å². The SMILES string of the molecule is Cc1cc(C(=O)NC(C)C(=O)NCc2ccccc2)c(C)n1C1CCCCC1. The van der Waals surface area contributed by atoms with Crippen molar-refractivity contribution in [2.45, 2.75) is 71.5 Å². The third kappa shape index (κ3) is 4.64. The Hall–Kier alpha value is -2.56. The van der Waals surface area contributed by atoms with Gasteiger partial charge in [-0.15, -0.1) is 0 Å². The van der Waals surface area contributed by atoms with Gasteiger partial charge in [-0.1, -0.05) is 49.6 Å². The molecule has 5 nitrogen and oxygen atoms in total. The zero-order chi connectivity index (χ0) is 20.1. The minimum Gasteiger partial charge on any atom is -0.350 e. The predicted octanol–water partition coefficient (Wildman–Crippen LogP) is 4.04. The number of nitrogens with one attached hydrogen (secondary N) is 2. The van der Waals surface area contributed by atoms with Crippen molar-refractivity contribution in [1.29, 1.82) is 0 Å². The van der Waals surface area contributed by atoms with Crippen LogP contribution >= 0.6 is 0 Å². The minimum atomic E-state index is -0.589. The fraction of sp³-hybridized carbons (Fsp3) is 0.478. The van der Waals surface area contributed by atoms with Crippen molar-refractivity contribution in [3.05, 3.63) is 58.9 Å². The molecule has 5 heteroatoms. The summed E-state index contributed by atoms with van der Waals surface area (Å²) in [5.41, 5.74) is 3.82. The van der Waals surface area contributed by atoms with Crippen LogP contribution in [0.5, 0.6) is 0 Å². The Morgan fingerprint density at radius 2 is 1.79 bits per heavy atom. The van der Waals surface area contributed by atoms with E-state index in [1.807, 2.05) is 43.3 Å². The second kappa shape index (κ2) is 9.09. The average Bonchev–Trinajstić information content (AvgIpc) is 3.01. The van der Waals surface area contributed by atoms with Crippen molar-refractivity contribution in [3.8, 4) is 0 Å². The highest BCUT2D eigenvalue weighted by molar-refractivity contribution is 5.98. The molecule has 1 saturated carbocycles. The first-order valence-electron chi connectivity index (χ1n) is 10.3. The summed E-state index contributed by atoms with van der Waals surface area (Å²) in [6, 6.07) is 11.6. The Bertz CT molecular complexity index is 820. The lowest BCUT2D eigenvalue weighted by Gasteiger charge is -2.26. The van der Waals surface area contributed by atoms with Gasteiger partial charge in [0.25, 0.3) is 5.91 Å². The summed E-state index contributed by atoms with van der Waals surface area (Å²) in [4.78, 5) is 25.2. The zero-order valence-electron chi connectivity index (χ0n) is 17.1.